The zero-order chi connectivity index (χ0) is 20.9. The largest absolute Gasteiger partial charge is 0.352 e. The second-order valence-corrected chi connectivity index (χ2v) is 7.61. The van der Waals surface area contributed by atoms with Crippen molar-refractivity contribution in [2.24, 2.45) is 5.92 Å². The first-order chi connectivity index (χ1) is 14.7. The van der Waals surface area contributed by atoms with Crippen molar-refractivity contribution in [3.8, 4) is 0 Å². The predicted octanol–water partition coefficient (Wildman–Crippen LogP) is 3.16. The van der Waals surface area contributed by atoms with Crippen LogP contribution in [0.2, 0.25) is 0 Å². The zero-order valence-electron chi connectivity index (χ0n) is 17.1. The van der Waals surface area contributed by atoms with Gasteiger partial charge in [0.15, 0.2) is 0 Å². The molecule has 1 saturated heterocycles. The van der Waals surface area contributed by atoms with Crippen LogP contribution in [0.1, 0.15) is 30.0 Å². The first-order valence-electron chi connectivity index (χ1n) is 10.3. The number of aromatic nitrogens is 2. The third kappa shape index (κ3) is 4.27. The summed E-state index contributed by atoms with van der Waals surface area (Å²) in [5, 5.41) is 3.04. The Bertz CT molecular complexity index is 1030. The molecule has 1 aliphatic rings. The van der Waals surface area contributed by atoms with Crippen LogP contribution in [0.5, 0.6) is 0 Å². The van der Waals surface area contributed by atoms with Gasteiger partial charge in [-0.2, -0.15) is 0 Å². The van der Waals surface area contributed by atoms with Gasteiger partial charge in [0.1, 0.15) is 0 Å². The van der Waals surface area contributed by atoms with Gasteiger partial charge in [0.2, 0.25) is 11.8 Å². The van der Waals surface area contributed by atoms with Gasteiger partial charge in [-0.15, -0.1) is 0 Å². The van der Waals surface area contributed by atoms with Crippen molar-refractivity contribution in [3.05, 3.63) is 83.9 Å². The standard InChI is InChI=1S/C24H26N4O2/c1-2-18-7-5-6-10-22(18)28-16-21(13-23(28)29)24(30)26-14-19-8-3-4-9-20(19)15-27-12-11-25-17-27/h3-12,17,21H,2,13-16H2,1H3,(H,26,30)/t21-/m1/s1. The molecule has 1 N–H and O–H groups in total. The first kappa shape index (κ1) is 19.9. The topological polar surface area (TPSA) is 67.2 Å². The van der Waals surface area contributed by atoms with Gasteiger partial charge >= 0.3 is 0 Å². The van der Waals surface area contributed by atoms with Gasteiger partial charge in [0.25, 0.3) is 0 Å². The van der Waals surface area contributed by atoms with Crippen molar-refractivity contribution in [3.63, 3.8) is 0 Å². The molecule has 4 rings (SSSR count). The van der Waals surface area contributed by atoms with Crippen LogP contribution < -0.4 is 10.2 Å². The van der Waals surface area contributed by atoms with E-state index in [1.54, 1.807) is 17.4 Å². The molecule has 1 aliphatic heterocycles. The lowest BCUT2D eigenvalue weighted by Crippen LogP contribution is -2.33. The number of rotatable bonds is 7. The summed E-state index contributed by atoms with van der Waals surface area (Å²) in [5.74, 6) is -0.392. The average molecular weight is 402 g/mol. The van der Waals surface area contributed by atoms with Crippen LogP contribution in [0.3, 0.4) is 0 Å². The minimum atomic E-state index is -0.330. The number of aryl methyl sites for hydroxylation is 1. The quantitative estimate of drug-likeness (QED) is 0.660. The van der Waals surface area contributed by atoms with Crippen LogP contribution in [0.25, 0.3) is 0 Å². The van der Waals surface area contributed by atoms with Crippen molar-refractivity contribution in [1.82, 2.24) is 14.9 Å². The number of imidazole rings is 1. The van der Waals surface area contributed by atoms with E-state index in [0.29, 0.717) is 19.6 Å². The van der Waals surface area contributed by atoms with E-state index in [0.717, 1.165) is 28.8 Å². The predicted molar refractivity (Wildman–Crippen MR) is 116 cm³/mol. The molecule has 2 amide bonds. The fraction of sp³-hybridized carbons (Fsp3) is 0.292. The first-order valence-corrected chi connectivity index (χ1v) is 10.3. The Morgan fingerprint density at radius 1 is 1.10 bits per heavy atom. The lowest BCUT2D eigenvalue weighted by atomic mass is 10.1. The van der Waals surface area contributed by atoms with E-state index in [4.69, 9.17) is 0 Å². The van der Waals surface area contributed by atoms with Gasteiger partial charge in [-0.1, -0.05) is 49.4 Å². The van der Waals surface area contributed by atoms with Crippen LogP contribution in [-0.2, 0) is 29.1 Å². The number of para-hydroxylation sites is 1. The molecular formula is C24H26N4O2. The van der Waals surface area contributed by atoms with Crippen LogP contribution in [-0.4, -0.2) is 27.9 Å². The van der Waals surface area contributed by atoms with E-state index >= 15 is 0 Å². The summed E-state index contributed by atoms with van der Waals surface area (Å²) in [4.78, 5) is 31.3. The van der Waals surface area contributed by atoms with Crippen molar-refractivity contribution >= 4 is 17.5 Å². The Kier molecular flexibility index (Phi) is 5.93. The number of nitrogens with zero attached hydrogens (tertiary/aromatic N) is 3. The van der Waals surface area contributed by atoms with Gasteiger partial charge in [0.05, 0.1) is 12.2 Å². The summed E-state index contributed by atoms with van der Waals surface area (Å²) in [6, 6.07) is 16.0. The van der Waals surface area contributed by atoms with Crippen LogP contribution in [0.4, 0.5) is 5.69 Å². The smallest absolute Gasteiger partial charge is 0.227 e. The highest BCUT2D eigenvalue weighted by molar-refractivity contribution is 6.00. The molecule has 6 nitrogen and oxygen atoms in total. The number of carbonyl (C=O) groups excluding carboxylic acids is 2. The number of amides is 2. The molecule has 0 aliphatic carbocycles. The highest BCUT2D eigenvalue weighted by Gasteiger charge is 2.35. The maximum atomic E-state index is 12.8. The van der Waals surface area contributed by atoms with Crippen molar-refractivity contribution in [2.45, 2.75) is 32.9 Å². The molecule has 30 heavy (non-hydrogen) atoms. The third-order valence-corrected chi connectivity index (χ3v) is 5.64. The zero-order valence-corrected chi connectivity index (χ0v) is 17.1. The van der Waals surface area contributed by atoms with E-state index in [1.165, 1.54) is 0 Å². The second-order valence-electron chi connectivity index (χ2n) is 7.61. The van der Waals surface area contributed by atoms with Gasteiger partial charge in [-0.25, -0.2) is 4.98 Å². The average Bonchev–Trinajstić information content (AvgIpc) is 3.42. The molecule has 1 aromatic heterocycles. The van der Waals surface area contributed by atoms with E-state index < -0.39 is 0 Å². The number of anilines is 1. The minimum absolute atomic E-state index is 0.0107. The molecule has 3 aromatic rings. The highest BCUT2D eigenvalue weighted by Crippen LogP contribution is 2.28. The highest BCUT2D eigenvalue weighted by atomic mass is 16.2. The van der Waals surface area contributed by atoms with Gasteiger partial charge in [-0.05, 0) is 29.2 Å². The van der Waals surface area contributed by atoms with E-state index in [-0.39, 0.29) is 24.2 Å². The Morgan fingerprint density at radius 2 is 1.83 bits per heavy atom. The van der Waals surface area contributed by atoms with Crippen molar-refractivity contribution in [1.29, 1.82) is 0 Å². The van der Waals surface area contributed by atoms with E-state index in [1.807, 2.05) is 53.2 Å². The Hall–Kier alpha value is -3.41. The lowest BCUT2D eigenvalue weighted by Gasteiger charge is -2.20. The third-order valence-electron chi connectivity index (χ3n) is 5.64. The molecular weight excluding hydrogens is 376 g/mol. The van der Waals surface area contributed by atoms with Crippen molar-refractivity contribution < 1.29 is 9.59 Å². The Labute approximate surface area is 176 Å². The molecule has 0 radical (unpaired) electrons. The Morgan fingerprint density at radius 3 is 2.57 bits per heavy atom. The van der Waals surface area contributed by atoms with Gasteiger partial charge in [-0.3, -0.25) is 9.59 Å². The summed E-state index contributed by atoms with van der Waals surface area (Å²) in [6.45, 7) is 3.65. The van der Waals surface area contributed by atoms with Crippen molar-refractivity contribution in [2.75, 3.05) is 11.4 Å². The van der Waals surface area contributed by atoms with E-state index in [9.17, 15) is 9.59 Å². The maximum Gasteiger partial charge on any atom is 0.227 e. The summed E-state index contributed by atoms with van der Waals surface area (Å²) >= 11 is 0. The normalized spacial score (nSPS) is 16.1. The molecule has 1 fully saturated rings. The fourth-order valence-corrected chi connectivity index (χ4v) is 3.98. The van der Waals surface area contributed by atoms with Gasteiger partial charge < -0.3 is 14.8 Å². The minimum Gasteiger partial charge on any atom is -0.352 e. The fourth-order valence-electron chi connectivity index (χ4n) is 3.98. The number of hydrogen-bond donors (Lipinski definition) is 1. The second kappa shape index (κ2) is 8.95. The number of benzene rings is 2. The monoisotopic (exact) mass is 402 g/mol. The molecule has 0 spiro atoms. The summed E-state index contributed by atoms with van der Waals surface area (Å²) in [6.07, 6.45) is 6.56. The Balaban J connectivity index is 1.40. The maximum absolute atomic E-state index is 12.8. The molecule has 2 heterocycles. The molecule has 0 unspecified atom stereocenters. The molecule has 154 valence electrons. The SMILES string of the molecule is CCc1ccccc1N1C[C@H](C(=O)NCc2ccccc2Cn2ccnc2)CC1=O. The molecule has 0 bridgehead atoms. The molecule has 1 atom stereocenters. The van der Waals surface area contributed by atoms with Crippen LogP contribution in [0, 0.1) is 5.92 Å². The number of nitrogens with one attached hydrogen (secondary N) is 1. The van der Waals surface area contributed by atoms with Crippen LogP contribution in [0.15, 0.2) is 67.3 Å². The summed E-state index contributed by atoms with van der Waals surface area (Å²) in [7, 11) is 0. The van der Waals surface area contributed by atoms with Crippen LogP contribution >= 0.6 is 0 Å². The van der Waals surface area contributed by atoms with E-state index in [2.05, 4.69) is 23.3 Å². The molecule has 6 heteroatoms. The summed E-state index contributed by atoms with van der Waals surface area (Å²) < 4.78 is 2.00. The lowest BCUT2D eigenvalue weighted by molar-refractivity contribution is -0.126. The molecule has 2 aromatic carbocycles. The summed E-state index contributed by atoms with van der Waals surface area (Å²) in [5.41, 5.74) is 4.25. The number of carbonyl (C=O) groups is 2. The molecule has 0 saturated carbocycles. The van der Waals surface area contributed by atoms with Gasteiger partial charge in [0, 0.05) is 44.1 Å². The number of hydrogen-bond acceptors (Lipinski definition) is 3.